The first-order valence-corrected chi connectivity index (χ1v) is 8.16. The fraction of sp³-hybridized carbons (Fsp3) is 0.917. The van der Waals surface area contributed by atoms with Crippen LogP contribution >= 0.6 is 0 Å². The molecule has 0 aliphatic heterocycles. The van der Waals surface area contributed by atoms with Gasteiger partial charge in [0.2, 0.25) is 5.91 Å². The lowest BCUT2D eigenvalue weighted by molar-refractivity contribution is -0.123. The maximum absolute atomic E-state index is 11.8. The van der Waals surface area contributed by atoms with Crippen LogP contribution in [0.25, 0.3) is 0 Å². The van der Waals surface area contributed by atoms with Crippen molar-refractivity contribution in [3.05, 3.63) is 0 Å². The number of amides is 1. The minimum Gasteiger partial charge on any atom is -0.352 e. The molecule has 0 aromatic carbocycles. The summed E-state index contributed by atoms with van der Waals surface area (Å²) in [6, 6.07) is 0.232. The van der Waals surface area contributed by atoms with Crippen molar-refractivity contribution >= 4 is 16.7 Å². The van der Waals surface area contributed by atoms with Gasteiger partial charge in [0.15, 0.2) is 0 Å². The summed E-state index contributed by atoms with van der Waals surface area (Å²) in [5.74, 6) is 0.791. The molecule has 1 amide bonds. The van der Waals surface area contributed by atoms with Gasteiger partial charge in [-0.05, 0) is 32.7 Å². The van der Waals surface area contributed by atoms with E-state index in [1.165, 1.54) is 12.8 Å². The largest absolute Gasteiger partial charge is 0.352 e. The Bertz CT molecular complexity index is 265. The standard InChI is InChI=1S/C12H24N2O2S/c1-10(13-8-5-9-17(2)16)12(15)14-11-6-3-4-7-11/h10-11,13H,3-9H2,1-2H3,(H,14,15). The molecule has 100 valence electrons. The van der Waals surface area contributed by atoms with Gasteiger partial charge in [0.1, 0.15) is 0 Å². The van der Waals surface area contributed by atoms with Gasteiger partial charge in [-0.15, -0.1) is 0 Å². The topological polar surface area (TPSA) is 58.2 Å². The second kappa shape index (κ2) is 7.82. The second-order valence-corrected chi connectivity index (χ2v) is 6.35. The van der Waals surface area contributed by atoms with Crippen molar-refractivity contribution in [3.63, 3.8) is 0 Å². The minimum absolute atomic E-state index is 0.0921. The molecule has 2 atom stereocenters. The number of rotatable bonds is 7. The summed E-state index contributed by atoms with van der Waals surface area (Å²) in [4.78, 5) is 11.8. The van der Waals surface area contributed by atoms with E-state index in [2.05, 4.69) is 10.6 Å². The molecular formula is C12H24N2O2S. The van der Waals surface area contributed by atoms with Crippen LogP contribution in [0.1, 0.15) is 39.0 Å². The van der Waals surface area contributed by atoms with Crippen LogP contribution < -0.4 is 10.6 Å². The van der Waals surface area contributed by atoms with Crippen molar-refractivity contribution in [2.45, 2.75) is 51.1 Å². The van der Waals surface area contributed by atoms with Crippen LogP contribution in [0.5, 0.6) is 0 Å². The van der Waals surface area contributed by atoms with Crippen molar-refractivity contribution < 1.29 is 9.00 Å². The summed E-state index contributed by atoms with van der Waals surface area (Å²) >= 11 is 0. The molecule has 17 heavy (non-hydrogen) atoms. The Hall–Kier alpha value is -0.420. The first-order chi connectivity index (χ1) is 8.09. The van der Waals surface area contributed by atoms with Crippen molar-refractivity contribution in [2.75, 3.05) is 18.6 Å². The lowest BCUT2D eigenvalue weighted by Crippen LogP contribution is -2.45. The van der Waals surface area contributed by atoms with Gasteiger partial charge in [0, 0.05) is 28.9 Å². The number of carbonyl (C=O) groups excluding carboxylic acids is 1. The molecule has 1 rings (SSSR count). The van der Waals surface area contributed by atoms with E-state index < -0.39 is 10.8 Å². The van der Waals surface area contributed by atoms with Crippen LogP contribution in [0.4, 0.5) is 0 Å². The third-order valence-electron chi connectivity index (χ3n) is 3.15. The average Bonchev–Trinajstić information content (AvgIpc) is 2.76. The molecule has 0 spiro atoms. The Morgan fingerprint density at radius 3 is 2.65 bits per heavy atom. The molecule has 0 heterocycles. The predicted molar refractivity (Wildman–Crippen MR) is 71.4 cm³/mol. The summed E-state index contributed by atoms with van der Waals surface area (Å²) in [7, 11) is -0.735. The highest BCUT2D eigenvalue weighted by Gasteiger charge is 2.19. The van der Waals surface area contributed by atoms with E-state index in [1.54, 1.807) is 6.26 Å². The Labute approximate surface area is 106 Å². The maximum Gasteiger partial charge on any atom is 0.237 e. The van der Waals surface area contributed by atoms with Crippen LogP contribution in [-0.4, -0.2) is 40.8 Å². The zero-order valence-corrected chi connectivity index (χ0v) is 11.6. The van der Waals surface area contributed by atoms with Gasteiger partial charge in [-0.25, -0.2) is 0 Å². The molecule has 0 bridgehead atoms. The Morgan fingerprint density at radius 1 is 1.41 bits per heavy atom. The Balaban J connectivity index is 2.11. The molecule has 4 nitrogen and oxygen atoms in total. The lowest BCUT2D eigenvalue weighted by Gasteiger charge is -2.17. The quantitative estimate of drug-likeness (QED) is 0.666. The van der Waals surface area contributed by atoms with E-state index in [1.807, 2.05) is 6.92 Å². The number of hydrogen-bond acceptors (Lipinski definition) is 3. The van der Waals surface area contributed by atoms with Gasteiger partial charge >= 0.3 is 0 Å². The molecule has 5 heteroatoms. The monoisotopic (exact) mass is 260 g/mol. The van der Waals surface area contributed by atoms with E-state index in [4.69, 9.17) is 0 Å². The lowest BCUT2D eigenvalue weighted by atomic mass is 10.2. The normalized spacial score (nSPS) is 20.1. The van der Waals surface area contributed by atoms with Gasteiger partial charge in [-0.3, -0.25) is 9.00 Å². The molecular weight excluding hydrogens is 236 g/mol. The Morgan fingerprint density at radius 2 is 2.06 bits per heavy atom. The van der Waals surface area contributed by atoms with Gasteiger partial charge in [0.05, 0.1) is 6.04 Å². The first-order valence-electron chi connectivity index (χ1n) is 6.43. The van der Waals surface area contributed by atoms with E-state index in [0.29, 0.717) is 11.8 Å². The number of carbonyl (C=O) groups is 1. The fourth-order valence-electron chi connectivity index (χ4n) is 2.08. The highest BCUT2D eigenvalue weighted by atomic mass is 32.2. The summed E-state index contributed by atoms with van der Waals surface area (Å²) < 4.78 is 10.9. The number of nitrogens with one attached hydrogen (secondary N) is 2. The molecule has 0 aromatic rings. The molecule has 2 unspecified atom stereocenters. The van der Waals surface area contributed by atoms with Crippen LogP contribution in [0, 0.1) is 0 Å². The van der Waals surface area contributed by atoms with Gasteiger partial charge < -0.3 is 10.6 Å². The minimum atomic E-state index is -0.735. The fourth-order valence-corrected chi connectivity index (χ4v) is 2.63. The third kappa shape index (κ3) is 6.17. The van der Waals surface area contributed by atoms with E-state index >= 15 is 0 Å². The van der Waals surface area contributed by atoms with Gasteiger partial charge in [-0.2, -0.15) is 0 Å². The summed E-state index contributed by atoms with van der Waals surface area (Å²) in [5.41, 5.74) is 0. The highest BCUT2D eigenvalue weighted by Crippen LogP contribution is 2.17. The van der Waals surface area contributed by atoms with Crippen molar-refractivity contribution in [1.82, 2.24) is 10.6 Å². The predicted octanol–water partition coefficient (Wildman–Crippen LogP) is 0.792. The van der Waals surface area contributed by atoms with Gasteiger partial charge in [-0.1, -0.05) is 12.8 Å². The van der Waals surface area contributed by atoms with Crippen LogP contribution in [0.15, 0.2) is 0 Å². The molecule has 1 aliphatic carbocycles. The SMILES string of the molecule is CC(NCCCS(C)=O)C(=O)NC1CCCC1. The maximum atomic E-state index is 11.8. The molecule has 1 aliphatic rings. The van der Waals surface area contributed by atoms with Gasteiger partial charge in [0.25, 0.3) is 0 Å². The zero-order valence-electron chi connectivity index (χ0n) is 10.8. The third-order valence-corrected chi connectivity index (χ3v) is 4.02. The Kier molecular flexibility index (Phi) is 6.73. The van der Waals surface area contributed by atoms with Crippen LogP contribution in [0.2, 0.25) is 0 Å². The summed E-state index contributed by atoms with van der Waals surface area (Å²) in [5, 5.41) is 6.23. The second-order valence-electron chi connectivity index (χ2n) is 4.80. The van der Waals surface area contributed by atoms with Crippen molar-refractivity contribution in [2.24, 2.45) is 0 Å². The highest BCUT2D eigenvalue weighted by molar-refractivity contribution is 7.84. The van der Waals surface area contributed by atoms with E-state index in [-0.39, 0.29) is 11.9 Å². The first kappa shape index (κ1) is 14.6. The summed E-state index contributed by atoms with van der Waals surface area (Å²) in [6.45, 7) is 2.63. The molecule has 0 saturated heterocycles. The van der Waals surface area contributed by atoms with E-state index in [9.17, 15) is 9.00 Å². The molecule has 2 N–H and O–H groups in total. The van der Waals surface area contributed by atoms with Crippen LogP contribution in [-0.2, 0) is 15.6 Å². The molecule has 0 radical (unpaired) electrons. The summed E-state index contributed by atoms with van der Waals surface area (Å²) in [6.07, 6.45) is 7.26. The smallest absolute Gasteiger partial charge is 0.237 e. The van der Waals surface area contributed by atoms with E-state index in [0.717, 1.165) is 25.8 Å². The molecule has 1 fully saturated rings. The zero-order chi connectivity index (χ0) is 12.7. The number of hydrogen-bond donors (Lipinski definition) is 2. The van der Waals surface area contributed by atoms with Crippen molar-refractivity contribution in [1.29, 1.82) is 0 Å². The average molecular weight is 260 g/mol. The van der Waals surface area contributed by atoms with Crippen LogP contribution in [0.3, 0.4) is 0 Å². The molecule has 0 aromatic heterocycles. The van der Waals surface area contributed by atoms with Crippen molar-refractivity contribution in [3.8, 4) is 0 Å². The molecule has 1 saturated carbocycles.